The molecule has 18 heavy (non-hydrogen) atoms. The van der Waals surface area contributed by atoms with E-state index in [2.05, 4.69) is 9.98 Å². The first-order valence-electron chi connectivity index (χ1n) is 6.67. The van der Waals surface area contributed by atoms with Crippen LogP contribution in [0.5, 0.6) is 0 Å². The van der Waals surface area contributed by atoms with E-state index in [-0.39, 0.29) is 0 Å². The van der Waals surface area contributed by atoms with Gasteiger partial charge in [-0.05, 0) is 31.4 Å². The van der Waals surface area contributed by atoms with Gasteiger partial charge in [-0.2, -0.15) is 0 Å². The molecule has 1 saturated carbocycles. The monoisotopic (exact) mass is 243 g/mol. The standard InChI is InChI=1S/C15H21N3/c1-12-7-8-15(18-10-12)13(9-16)11-17-14-5-3-2-4-6-14/h7-11,14H,2-6,16H2,1H3/b13-9+,17-11?. The fraction of sp³-hybridized carbons (Fsp3) is 0.467. The van der Waals surface area contributed by atoms with Gasteiger partial charge in [0, 0.05) is 30.2 Å². The molecule has 1 aromatic heterocycles. The highest BCUT2D eigenvalue weighted by Crippen LogP contribution is 2.20. The van der Waals surface area contributed by atoms with Gasteiger partial charge in [0.25, 0.3) is 0 Å². The third-order valence-electron chi connectivity index (χ3n) is 3.39. The number of hydrogen-bond donors (Lipinski definition) is 1. The predicted octanol–water partition coefficient (Wildman–Crippen LogP) is 3.09. The van der Waals surface area contributed by atoms with Crippen LogP contribution in [0.25, 0.3) is 5.57 Å². The second-order valence-corrected chi connectivity index (χ2v) is 4.91. The van der Waals surface area contributed by atoms with Gasteiger partial charge < -0.3 is 5.73 Å². The first kappa shape index (κ1) is 12.8. The van der Waals surface area contributed by atoms with Crippen LogP contribution in [0.2, 0.25) is 0 Å². The smallest absolute Gasteiger partial charge is 0.0731 e. The Morgan fingerprint density at radius 1 is 1.33 bits per heavy atom. The highest BCUT2D eigenvalue weighted by atomic mass is 14.8. The van der Waals surface area contributed by atoms with Crippen molar-refractivity contribution in [2.75, 3.05) is 0 Å². The largest absolute Gasteiger partial charge is 0.404 e. The topological polar surface area (TPSA) is 51.3 Å². The fourth-order valence-electron chi connectivity index (χ4n) is 2.25. The summed E-state index contributed by atoms with van der Waals surface area (Å²) in [6.45, 7) is 2.03. The molecule has 0 amide bonds. The number of aryl methyl sites for hydroxylation is 1. The van der Waals surface area contributed by atoms with E-state index < -0.39 is 0 Å². The van der Waals surface area contributed by atoms with Crippen LogP contribution in [-0.2, 0) is 0 Å². The van der Waals surface area contributed by atoms with E-state index in [1.54, 1.807) is 6.20 Å². The third-order valence-corrected chi connectivity index (χ3v) is 3.39. The van der Waals surface area contributed by atoms with Crippen LogP contribution in [-0.4, -0.2) is 17.2 Å². The van der Waals surface area contributed by atoms with Crippen molar-refractivity contribution in [1.29, 1.82) is 0 Å². The van der Waals surface area contributed by atoms with Gasteiger partial charge in [-0.25, -0.2) is 0 Å². The summed E-state index contributed by atoms with van der Waals surface area (Å²) in [5, 5.41) is 0. The van der Waals surface area contributed by atoms with Crippen molar-refractivity contribution in [2.45, 2.75) is 45.1 Å². The summed E-state index contributed by atoms with van der Waals surface area (Å²) >= 11 is 0. The summed E-state index contributed by atoms with van der Waals surface area (Å²) in [5.41, 5.74) is 8.61. The molecule has 2 rings (SSSR count). The zero-order valence-electron chi connectivity index (χ0n) is 11.0. The Morgan fingerprint density at radius 2 is 2.11 bits per heavy atom. The molecule has 0 aliphatic heterocycles. The molecule has 0 atom stereocenters. The molecule has 0 radical (unpaired) electrons. The molecule has 0 bridgehead atoms. The number of aromatic nitrogens is 1. The number of hydrogen-bond acceptors (Lipinski definition) is 3. The van der Waals surface area contributed by atoms with Gasteiger partial charge >= 0.3 is 0 Å². The summed E-state index contributed by atoms with van der Waals surface area (Å²) < 4.78 is 0. The van der Waals surface area contributed by atoms with Crippen molar-refractivity contribution in [3.05, 3.63) is 35.8 Å². The summed E-state index contributed by atoms with van der Waals surface area (Å²) in [6, 6.07) is 4.50. The Morgan fingerprint density at radius 3 is 2.72 bits per heavy atom. The van der Waals surface area contributed by atoms with Crippen molar-refractivity contribution in [3.63, 3.8) is 0 Å². The fourth-order valence-corrected chi connectivity index (χ4v) is 2.25. The highest BCUT2D eigenvalue weighted by Gasteiger charge is 2.11. The average Bonchev–Trinajstić information content (AvgIpc) is 2.42. The Hall–Kier alpha value is -1.64. The zero-order chi connectivity index (χ0) is 12.8. The third kappa shape index (κ3) is 3.42. The molecule has 0 aromatic carbocycles. The van der Waals surface area contributed by atoms with Crippen LogP contribution < -0.4 is 5.73 Å². The number of nitrogens with zero attached hydrogens (tertiary/aromatic N) is 2. The molecular weight excluding hydrogens is 222 g/mol. The van der Waals surface area contributed by atoms with Gasteiger partial charge in [0.05, 0.1) is 5.69 Å². The van der Waals surface area contributed by atoms with Crippen LogP contribution in [0, 0.1) is 6.92 Å². The minimum Gasteiger partial charge on any atom is -0.404 e. The van der Waals surface area contributed by atoms with Crippen molar-refractivity contribution in [2.24, 2.45) is 10.7 Å². The molecule has 0 saturated heterocycles. The minimum absolute atomic E-state index is 0.471. The van der Waals surface area contributed by atoms with Crippen LogP contribution in [0.1, 0.15) is 43.4 Å². The molecule has 0 unspecified atom stereocenters. The molecule has 96 valence electrons. The Labute approximate surface area is 109 Å². The van der Waals surface area contributed by atoms with Crippen LogP contribution in [0.4, 0.5) is 0 Å². The number of aliphatic imine (C=N–C) groups is 1. The summed E-state index contributed by atoms with van der Waals surface area (Å²) in [6.07, 6.45) is 11.7. The quantitative estimate of drug-likeness (QED) is 0.829. The van der Waals surface area contributed by atoms with Crippen molar-refractivity contribution in [3.8, 4) is 0 Å². The molecular formula is C15H21N3. The van der Waals surface area contributed by atoms with Gasteiger partial charge in [-0.3, -0.25) is 9.98 Å². The molecule has 1 heterocycles. The normalized spacial score (nSPS) is 18.4. The van der Waals surface area contributed by atoms with Crippen molar-refractivity contribution < 1.29 is 0 Å². The molecule has 1 aliphatic rings. The van der Waals surface area contributed by atoms with E-state index in [0.717, 1.165) is 16.8 Å². The molecule has 1 aromatic rings. The van der Waals surface area contributed by atoms with E-state index in [1.165, 1.54) is 32.1 Å². The maximum Gasteiger partial charge on any atom is 0.0731 e. The molecule has 2 N–H and O–H groups in total. The molecule has 3 heteroatoms. The first-order valence-corrected chi connectivity index (χ1v) is 6.67. The summed E-state index contributed by atoms with van der Waals surface area (Å²) in [7, 11) is 0. The zero-order valence-corrected chi connectivity index (χ0v) is 11.0. The minimum atomic E-state index is 0.471. The Balaban J connectivity index is 2.05. The lowest BCUT2D eigenvalue weighted by Crippen LogP contribution is -2.10. The van der Waals surface area contributed by atoms with Gasteiger partial charge in [0.2, 0.25) is 0 Å². The van der Waals surface area contributed by atoms with E-state index >= 15 is 0 Å². The first-order chi connectivity index (χ1) is 8.79. The highest BCUT2D eigenvalue weighted by molar-refractivity contribution is 6.08. The van der Waals surface area contributed by atoms with E-state index in [4.69, 9.17) is 5.73 Å². The van der Waals surface area contributed by atoms with Crippen LogP contribution in [0.3, 0.4) is 0 Å². The number of nitrogens with two attached hydrogens (primary N) is 1. The number of rotatable bonds is 3. The molecule has 0 spiro atoms. The summed E-state index contributed by atoms with van der Waals surface area (Å²) in [5.74, 6) is 0. The lowest BCUT2D eigenvalue weighted by molar-refractivity contribution is 0.444. The average molecular weight is 243 g/mol. The Kier molecular flexibility index (Phi) is 4.51. The van der Waals surface area contributed by atoms with Crippen LogP contribution in [0.15, 0.2) is 29.5 Å². The SMILES string of the molecule is Cc1ccc(/C(C=NC2CCCCC2)=C/N)nc1. The van der Waals surface area contributed by atoms with Crippen molar-refractivity contribution >= 4 is 11.8 Å². The maximum absolute atomic E-state index is 5.67. The lowest BCUT2D eigenvalue weighted by atomic mass is 9.96. The number of allylic oxidation sites excluding steroid dienone is 1. The van der Waals surface area contributed by atoms with Gasteiger partial charge in [-0.1, -0.05) is 25.3 Å². The van der Waals surface area contributed by atoms with E-state index in [1.807, 2.05) is 31.5 Å². The Bertz CT molecular complexity index is 426. The lowest BCUT2D eigenvalue weighted by Gasteiger charge is -2.17. The number of pyridine rings is 1. The molecule has 1 fully saturated rings. The second kappa shape index (κ2) is 6.34. The molecule has 3 nitrogen and oxygen atoms in total. The van der Waals surface area contributed by atoms with Gasteiger partial charge in [-0.15, -0.1) is 0 Å². The second-order valence-electron chi connectivity index (χ2n) is 4.91. The van der Waals surface area contributed by atoms with E-state index in [0.29, 0.717) is 6.04 Å². The maximum atomic E-state index is 5.67. The molecule has 1 aliphatic carbocycles. The van der Waals surface area contributed by atoms with Gasteiger partial charge in [0.15, 0.2) is 0 Å². The summed E-state index contributed by atoms with van der Waals surface area (Å²) in [4.78, 5) is 9.01. The van der Waals surface area contributed by atoms with E-state index in [9.17, 15) is 0 Å². The van der Waals surface area contributed by atoms with Gasteiger partial charge in [0.1, 0.15) is 0 Å². The van der Waals surface area contributed by atoms with Crippen molar-refractivity contribution in [1.82, 2.24) is 4.98 Å². The predicted molar refractivity (Wildman–Crippen MR) is 76.5 cm³/mol. The van der Waals surface area contributed by atoms with Crippen LogP contribution >= 0.6 is 0 Å².